The molecule has 6 amide bonds. The molecule has 0 spiro atoms. The van der Waals surface area contributed by atoms with Gasteiger partial charge >= 0.3 is 47.9 Å². The lowest BCUT2D eigenvalue weighted by Crippen LogP contribution is -2.62. The summed E-state index contributed by atoms with van der Waals surface area (Å²) >= 11 is 19.6. The van der Waals surface area contributed by atoms with E-state index in [1.54, 1.807) is 72.5 Å². The Bertz CT molecular complexity index is 6540. The largest absolute Gasteiger partial charge is 0.469 e. The Hall–Kier alpha value is -13.2. The maximum atomic E-state index is 14.7. The number of rotatable bonds is 26. The molecule has 0 radical (unpaired) electrons. The van der Waals surface area contributed by atoms with Crippen LogP contribution in [-0.2, 0) is 63.7 Å². The van der Waals surface area contributed by atoms with Crippen LogP contribution in [-0.4, -0.2) is 283 Å². The number of nitrogens with one attached hydrogen (secondary N) is 3. The van der Waals surface area contributed by atoms with Crippen LogP contribution in [0, 0.1) is 30.2 Å². The number of amidine groups is 3. The summed E-state index contributed by atoms with van der Waals surface area (Å²) in [5, 5.41) is 21.6. The molecule has 6 fully saturated rings. The Balaban J connectivity index is 0.000000151. The zero-order valence-corrected chi connectivity index (χ0v) is 81.3. The van der Waals surface area contributed by atoms with Crippen LogP contribution in [0.5, 0.6) is 0 Å². The minimum absolute atomic E-state index is 0.0390. The van der Waals surface area contributed by atoms with Crippen LogP contribution in [0.2, 0.25) is 10.0 Å². The molecule has 0 bridgehead atoms. The summed E-state index contributed by atoms with van der Waals surface area (Å²) in [4.78, 5) is 181. The fourth-order valence-corrected chi connectivity index (χ4v) is 21.5. The van der Waals surface area contributed by atoms with Crippen LogP contribution < -0.4 is 30.7 Å². The third kappa shape index (κ3) is 21.5. The average molecular weight is 2040 g/mol. The van der Waals surface area contributed by atoms with Gasteiger partial charge in [-0.2, -0.15) is 0 Å². The lowest BCUT2D eigenvalue weighted by Gasteiger charge is -2.42. The molecule has 0 aliphatic carbocycles. The zero-order valence-electron chi connectivity index (χ0n) is 75.7. The van der Waals surface area contributed by atoms with Gasteiger partial charge in [-0.25, -0.2) is 71.2 Å². The quantitative estimate of drug-likeness (QED) is 0.0196. The monoisotopic (exact) mass is 2030 g/mol. The molecule has 35 nitrogen and oxygen atoms in total. The highest BCUT2D eigenvalue weighted by Gasteiger charge is 2.52. The number of amides is 6. The van der Waals surface area contributed by atoms with Crippen molar-refractivity contribution in [2.45, 2.75) is 75.9 Å². The summed E-state index contributed by atoms with van der Waals surface area (Å²) in [7, 11) is 6.43. The second-order valence-electron chi connectivity index (χ2n) is 32.8. The number of hydrogen-bond acceptors (Lipinski definition) is 34. The highest BCUT2D eigenvalue weighted by atomic mass is 35.5. The third-order valence-corrected chi connectivity index (χ3v) is 29.2. The summed E-state index contributed by atoms with van der Waals surface area (Å²) in [5.74, 6) is -4.93. The van der Waals surface area contributed by atoms with E-state index >= 15 is 0 Å². The first kappa shape index (κ1) is 98.9. The number of methoxy groups -OCH3 is 5. The number of ketones is 2. The highest BCUT2D eigenvalue weighted by Crippen LogP contribution is 2.44. The number of thiazole rings is 5. The van der Waals surface area contributed by atoms with Gasteiger partial charge in [-0.15, -0.1) is 56.7 Å². The molecule has 0 unspecified atom stereocenters. The zero-order chi connectivity index (χ0) is 98.3. The molecule has 139 heavy (non-hydrogen) atoms. The Labute approximate surface area is 823 Å². The van der Waals surface area contributed by atoms with Crippen molar-refractivity contribution in [3.05, 3.63) is 252 Å². The second kappa shape index (κ2) is 43.5. The van der Waals surface area contributed by atoms with Crippen molar-refractivity contribution in [3.63, 3.8) is 0 Å². The number of fused-ring (bicyclic) bond motifs is 3. The van der Waals surface area contributed by atoms with Gasteiger partial charge in [0.05, 0.1) is 106 Å². The van der Waals surface area contributed by atoms with Crippen LogP contribution in [0.15, 0.2) is 179 Å². The van der Waals surface area contributed by atoms with Crippen LogP contribution in [0.1, 0.15) is 92.6 Å². The molecule has 9 aromatic rings. The number of ether oxygens (including phenoxy) is 5. The van der Waals surface area contributed by atoms with E-state index in [0.717, 1.165) is 17.7 Å². The van der Waals surface area contributed by atoms with Gasteiger partial charge in [0.1, 0.15) is 35.8 Å². The maximum Gasteiger partial charge on any atom is 0.338 e. The number of carbonyl (C=O) groups is 10. The van der Waals surface area contributed by atoms with Crippen molar-refractivity contribution < 1.29 is 89.2 Å². The van der Waals surface area contributed by atoms with Gasteiger partial charge in [0.25, 0.3) is 0 Å². The number of nitrogens with zero attached hydrogens (tertiary/aromatic N) is 17. The Morgan fingerprint density at radius 1 is 0.504 bits per heavy atom. The van der Waals surface area contributed by atoms with Crippen LogP contribution >= 0.6 is 79.9 Å². The Morgan fingerprint density at radius 3 is 1.45 bits per heavy atom. The minimum Gasteiger partial charge on any atom is -0.469 e. The number of aryl methyl sites for hydroxylation is 1. The smallest absolute Gasteiger partial charge is 0.338 e. The number of aliphatic imine (C=N–C) groups is 3. The fourth-order valence-electron chi connectivity index (χ4n) is 17.6. The van der Waals surface area contributed by atoms with Gasteiger partial charge in [0, 0.05) is 163 Å². The van der Waals surface area contributed by atoms with E-state index in [-0.39, 0.29) is 113 Å². The number of allylic oxidation sites excluding steroid dienone is 2. The summed E-state index contributed by atoms with van der Waals surface area (Å²) in [6, 6.07) is 13.0. The van der Waals surface area contributed by atoms with Gasteiger partial charge in [-0.05, 0) is 105 Å². The SMILES string of the molecule is COC(=O)C1=C(CN2CCN3C(=O)N(c4nc(/C=C/C(C)=O)cs4)C[C@@H]3C2)NC(c2nccs2)=N[C@H]1c1ccc(F)c(F)c1C.COC(=O)C1=C(CN2CCN3C(=O)N(c4nc(/C=C/C(C)=O)cs4)C[C@@H]3C2)NC(c2nccs2)=N[C@H]1c1cccc(F)c1Cl.COC(=O)CCc1ccc(N2C[C@@H]3[C@@H](C(=O)OC)N(CC4=C(C(=O)OC)[C@H](c5ccc(F)cc5Cl)N=C(c5nccs5)N4)CCN3C2=O)cc1. The number of halogens is 6. The minimum atomic E-state index is -1.00. The number of piperazine rings is 3. The summed E-state index contributed by atoms with van der Waals surface area (Å²) in [6.07, 6.45) is 11.8. The Morgan fingerprint density at radius 2 is 0.978 bits per heavy atom. The van der Waals surface area contributed by atoms with E-state index in [9.17, 15) is 65.5 Å². The van der Waals surface area contributed by atoms with E-state index in [0.29, 0.717) is 166 Å². The topological polar surface area (TPSA) is 384 Å². The first-order valence-corrected chi connectivity index (χ1v) is 48.6. The van der Waals surface area contributed by atoms with Crippen molar-refractivity contribution >= 4 is 185 Å². The number of anilines is 3. The molecule has 7 atom stereocenters. The van der Waals surface area contributed by atoms with Gasteiger partial charge in [0.2, 0.25) is 0 Å². The van der Waals surface area contributed by atoms with Gasteiger partial charge in [-0.1, -0.05) is 59.6 Å². The molecule has 9 aliphatic rings. The molecule has 5 aromatic heterocycles. The van der Waals surface area contributed by atoms with Gasteiger partial charge in [0.15, 0.2) is 66.0 Å². The number of hydrogen-bond donors (Lipinski definition) is 3. The highest BCUT2D eigenvalue weighted by molar-refractivity contribution is 7.14. The first-order chi connectivity index (χ1) is 67.0. The summed E-state index contributed by atoms with van der Waals surface area (Å²) in [5.41, 5.74) is 5.86. The molecular formula is C93H90Cl2F4N20O15S5. The Kier molecular flexibility index (Phi) is 30.9. The van der Waals surface area contributed by atoms with Crippen molar-refractivity contribution in [2.24, 2.45) is 15.0 Å². The molecule has 4 aromatic carbocycles. The molecule has 724 valence electrons. The number of urea groups is 3. The van der Waals surface area contributed by atoms with Crippen molar-refractivity contribution in [2.75, 3.05) is 142 Å². The number of benzene rings is 4. The van der Waals surface area contributed by atoms with E-state index in [2.05, 4.69) is 50.7 Å². The number of aromatic nitrogens is 5. The third-order valence-electron chi connectivity index (χ3n) is 24.3. The molecule has 9 aliphatic heterocycles. The van der Waals surface area contributed by atoms with E-state index in [1.807, 2.05) is 49.7 Å². The number of esters is 5. The number of carbonyl (C=O) groups excluding carboxylic acids is 10. The molecule has 14 heterocycles. The molecule has 6 saturated heterocycles. The predicted octanol–water partition coefficient (Wildman–Crippen LogP) is 11.8. The van der Waals surface area contributed by atoms with Gasteiger partial charge < -0.3 is 54.3 Å². The van der Waals surface area contributed by atoms with E-state index in [4.69, 9.17) is 61.9 Å². The lowest BCUT2D eigenvalue weighted by atomic mass is 9.92. The van der Waals surface area contributed by atoms with E-state index < -0.39 is 77.4 Å². The van der Waals surface area contributed by atoms with E-state index in [1.165, 1.54) is 155 Å². The summed E-state index contributed by atoms with van der Waals surface area (Å²) < 4.78 is 83.0. The maximum absolute atomic E-state index is 14.7. The van der Waals surface area contributed by atoms with Crippen LogP contribution in [0.3, 0.4) is 0 Å². The van der Waals surface area contributed by atoms with Crippen molar-refractivity contribution in [3.8, 4) is 0 Å². The van der Waals surface area contributed by atoms with Crippen molar-refractivity contribution in [1.29, 1.82) is 0 Å². The van der Waals surface area contributed by atoms with Crippen LogP contribution in [0.4, 0.5) is 47.9 Å². The molecule has 3 N–H and O–H groups in total. The van der Waals surface area contributed by atoms with Crippen LogP contribution in [0.25, 0.3) is 12.2 Å². The summed E-state index contributed by atoms with van der Waals surface area (Å²) in [6.45, 7) is 9.74. The normalized spacial score (nSPS) is 20.6. The van der Waals surface area contributed by atoms with Gasteiger partial charge in [-0.3, -0.25) is 63.6 Å². The molecular weight excluding hydrogens is 1940 g/mol. The fraction of sp³-hybridized carbons (Fsp3) is 0.333. The molecule has 18 rings (SSSR count). The standard InChI is InChI=1S/C34H34ClFN6O7S.C30H29F2N7O4S2.C29H27ClFN7O4S2/c1-47-26(43)11-6-19-4-8-21(9-5-19)42-18-25-29(33(45)49-3)40(13-14-41(25)34(42)46)17-24-27(32(44)48-2)28(22-10-7-20(36)16-23(22)35)39-30(38-24)31-37-12-15-50-31;1-16(40)4-5-18-15-45-29(34-18)39-13-19-12-37(9-10-38(19)30(39)42)14-22-23(28(41)43-3)25(20-6-7-21(31)24(32)17(20)2)36-26(35-22)27-33-8-11-44-27;1-16(39)6-7-17-15-44-28(33-17)38-13-18-12-36(9-10-37(18)29(38)41)14-21-22(27(40)42-2)24(19-4-3-5-20(31)23(19)30)35-25(34-21)26-32-8-11-43-26/h4-5,7-10,12,15-16,25,28-29H,6,11,13-14,17-18H2,1-3H3,(H,38,39);4-8,11,15,19,25H,9-10,12-14H2,1-3H3,(H,35,36);3-8,11,15,18,24H,9-10,12-14H2,1-2H3,(H,34,35)/b;5-4+;7-6+/t25-,28+,29+;19-,25-;18-,24-/m100/s1. The molecule has 0 saturated carbocycles. The average Bonchev–Trinajstić information content (AvgIpc) is 1.68. The lowest BCUT2D eigenvalue weighted by molar-refractivity contribution is -0.150. The second-order valence-corrected chi connectivity index (χ2v) is 38.0. The molecule has 46 heteroatoms. The predicted molar refractivity (Wildman–Crippen MR) is 515 cm³/mol. The van der Waals surface area contributed by atoms with Crippen molar-refractivity contribution in [1.82, 2.24) is 70.3 Å². The first-order valence-electron chi connectivity index (χ1n) is 43.5.